The maximum absolute atomic E-state index is 12.2. The number of carbonyl (C=O) groups is 1. The first kappa shape index (κ1) is 14.8. The van der Waals surface area contributed by atoms with Gasteiger partial charge in [0, 0.05) is 13.1 Å². The molecule has 2 rings (SSSR count). The summed E-state index contributed by atoms with van der Waals surface area (Å²) in [4.78, 5) is 12.2. The molecule has 2 aliphatic rings. The third-order valence-corrected chi connectivity index (χ3v) is 4.81. The van der Waals surface area contributed by atoms with Crippen LogP contribution < -0.4 is 10.6 Å². The molecule has 3 heteroatoms. The monoisotopic (exact) mass is 266 g/mol. The molecule has 0 bridgehead atoms. The van der Waals surface area contributed by atoms with E-state index in [1.807, 2.05) is 0 Å². The molecule has 110 valence electrons. The van der Waals surface area contributed by atoms with E-state index in [1.54, 1.807) is 0 Å². The lowest BCUT2D eigenvalue weighted by Gasteiger charge is -2.32. The van der Waals surface area contributed by atoms with E-state index in [1.165, 1.54) is 32.1 Å². The van der Waals surface area contributed by atoms with E-state index in [0.29, 0.717) is 5.41 Å². The van der Waals surface area contributed by atoms with Gasteiger partial charge >= 0.3 is 0 Å². The van der Waals surface area contributed by atoms with Gasteiger partial charge in [0.05, 0.1) is 5.92 Å². The summed E-state index contributed by atoms with van der Waals surface area (Å²) in [6.45, 7) is 7.44. The highest BCUT2D eigenvalue weighted by Crippen LogP contribution is 2.42. The summed E-state index contributed by atoms with van der Waals surface area (Å²) in [5.41, 5.74) is 0.395. The number of rotatable bonds is 5. The van der Waals surface area contributed by atoms with Crippen molar-refractivity contribution in [3.05, 3.63) is 0 Å². The van der Waals surface area contributed by atoms with E-state index in [0.717, 1.165) is 38.4 Å². The molecular formula is C16H30N2O. The second-order valence-corrected chi connectivity index (χ2v) is 7.07. The average Bonchev–Trinajstić information content (AvgIpc) is 2.85. The zero-order valence-electron chi connectivity index (χ0n) is 12.6. The molecule has 1 unspecified atom stereocenters. The van der Waals surface area contributed by atoms with Crippen LogP contribution in [0.1, 0.15) is 58.8 Å². The zero-order valence-corrected chi connectivity index (χ0v) is 12.6. The molecular weight excluding hydrogens is 236 g/mol. The van der Waals surface area contributed by atoms with Gasteiger partial charge in [0.25, 0.3) is 0 Å². The van der Waals surface area contributed by atoms with Gasteiger partial charge < -0.3 is 10.6 Å². The highest BCUT2D eigenvalue weighted by atomic mass is 16.1. The number of amides is 1. The van der Waals surface area contributed by atoms with Crippen LogP contribution >= 0.6 is 0 Å². The second-order valence-electron chi connectivity index (χ2n) is 7.07. The van der Waals surface area contributed by atoms with Gasteiger partial charge in [0.15, 0.2) is 0 Å². The minimum Gasteiger partial charge on any atom is -0.355 e. The van der Waals surface area contributed by atoms with Gasteiger partial charge in [-0.25, -0.2) is 0 Å². The quantitative estimate of drug-likeness (QED) is 0.803. The van der Waals surface area contributed by atoms with Gasteiger partial charge in [-0.2, -0.15) is 0 Å². The van der Waals surface area contributed by atoms with Crippen molar-refractivity contribution in [2.75, 3.05) is 19.6 Å². The molecule has 2 fully saturated rings. The molecule has 1 aliphatic heterocycles. The Labute approximate surface area is 117 Å². The molecule has 3 nitrogen and oxygen atoms in total. The molecule has 0 radical (unpaired) electrons. The van der Waals surface area contributed by atoms with E-state index in [-0.39, 0.29) is 11.8 Å². The van der Waals surface area contributed by atoms with Crippen LogP contribution in [-0.2, 0) is 4.79 Å². The summed E-state index contributed by atoms with van der Waals surface area (Å²) in [6, 6.07) is 0. The van der Waals surface area contributed by atoms with Gasteiger partial charge in [-0.1, -0.05) is 26.7 Å². The minimum atomic E-state index is 0.200. The molecule has 19 heavy (non-hydrogen) atoms. The average molecular weight is 266 g/mol. The Bertz CT molecular complexity index is 289. The van der Waals surface area contributed by atoms with E-state index in [9.17, 15) is 4.79 Å². The third kappa shape index (κ3) is 4.20. The first-order valence-corrected chi connectivity index (χ1v) is 8.10. The highest BCUT2D eigenvalue weighted by Gasteiger charge is 2.35. The van der Waals surface area contributed by atoms with Crippen molar-refractivity contribution in [2.24, 2.45) is 17.3 Å². The highest BCUT2D eigenvalue weighted by molar-refractivity contribution is 5.79. The third-order valence-electron chi connectivity index (χ3n) is 4.81. The predicted molar refractivity (Wildman–Crippen MR) is 79.0 cm³/mol. The minimum absolute atomic E-state index is 0.200. The molecule has 0 aromatic heterocycles. The summed E-state index contributed by atoms with van der Waals surface area (Å²) >= 11 is 0. The van der Waals surface area contributed by atoms with Crippen molar-refractivity contribution >= 4 is 5.91 Å². The smallest absolute Gasteiger partial charge is 0.224 e. The Morgan fingerprint density at radius 1 is 1.32 bits per heavy atom. The maximum Gasteiger partial charge on any atom is 0.224 e. The SMILES string of the molecule is CC(C)CC1(CNC(=O)C2CCCNC2)CCCC1. The standard InChI is InChI=1S/C16H30N2O/c1-13(2)10-16(7-3-4-8-16)12-18-15(19)14-6-5-9-17-11-14/h13-14,17H,3-12H2,1-2H3,(H,18,19). The van der Waals surface area contributed by atoms with Crippen molar-refractivity contribution in [2.45, 2.75) is 58.8 Å². The first-order chi connectivity index (χ1) is 9.11. The first-order valence-electron chi connectivity index (χ1n) is 8.10. The van der Waals surface area contributed by atoms with Gasteiger partial charge in [-0.3, -0.25) is 4.79 Å². The molecule has 0 aromatic carbocycles. The zero-order chi connectivity index (χ0) is 13.7. The number of hydrogen-bond donors (Lipinski definition) is 2. The number of carbonyl (C=O) groups excluding carboxylic acids is 1. The fourth-order valence-corrected chi connectivity index (χ4v) is 3.94. The van der Waals surface area contributed by atoms with Crippen molar-refractivity contribution in [1.29, 1.82) is 0 Å². The lowest BCUT2D eigenvalue weighted by Crippen LogP contribution is -2.44. The molecule has 1 amide bonds. The van der Waals surface area contributed by atoms with E-state index >= 15 is 0 Å². The number of nitrogens with one attached hydrogen (secondary N) is 2. The van der Waals surface area contributed by atoms with Crippen LogP contribution in [-0.4, -0.2) is 25.5 Å². The van der Waals surface area contributed by atoms with Crippen LogP contribution in [0.2, 0.25) is 0 Å². The Morgan fingerprint density at radius 3 is 2.63 bits per heavy atom. The molecule has 2 N–H and O–H groups in total. The van der Waals surface area contributed by atoms with Crippen LogP contribution in [0.25, 0.3) is 0 Å². The lowest BCUT2D eigenvalue weighted by molar-refractivity contribution is -0.126. The molecule has 1 heterocycles. The summed E-state index contributed by atoms with van der Waals surface area (Å²) in [7, 11) is 0. The van der Waals surface area contributed by atoms with Crippen molar-refractivity contribution < 1.29 is 4.79 Å². The molecule has 0 aromatic rings. The van der Waals surface area contributed by atoms with E-state index in [2.05, 4.69) is 24.5 Å². The van der Waals surface area contributed by atoms with E-state index in [4.69, 9.17) is 0 Å². The molecule has 1 saturated heterocycles. The summed E-state index contributed by atoms with van der Waals surface area (Å²) in [6.07, 6.45) is 8.73. The number of hydrogen-bond acceptors (Lipinski definition) is 2. The summed E-state index contributed by atoms with van der Waals surface area (Å²) < 4.78 is 0. The Hall–Kier alpha value is -0.570. The maximum atomic E-state index is 12.2. The van der Waals surface area contributed by atoms with Crippen LogP contribution in [0, 0.1) is 17.3 Å². The molecule has 1 aliphatic carbocycles. The van der Waals surface area contributed by atoms with Crippen LogP contribution in [0.4, 0.5) is 0 Å². The van der Waals surface area contributed by atoms with Crippen LogP contribution in [0.5, 0.6) is 0 Å². The van der Waals surface area contributed by atoms with Gasteiger partial charge in [0.2, 0.25) is 5.91 Å². The lowest BCUT2D eigenvalue weighted by atomic mass is 9.78. The Balaban J connectivity index is 1.82. The normalized spacial score (nSPS) is 26.6. The molecule has 1 atom stereocenters. The number of piperidine rings is 1. The van der Waals surface area contributed by atoms with Crippen LogP contribution in [0.3, 0.4) is 0 Å². The van der Waals surface area contributed by atoms with Crippen molar-refractivity contribution in [1.82, 2.24) is 10.6 Å². The largest absolute Gasteiger partial charge is 0.355 e. The van der Waals surface area contributed by atoms with Crippen LogP contribution in [0.15, 0.2) is 0 Å². The van der Waals surface area contributed by atoms with Gasteiger partial charge in [-0.05, 0) is 50.0 Å². The topological polar surface area (TPSA) is 41.1 Å². The predicted octanol–water partition coefficient (Wildman–Crippen LogP) is 2.71. The Kier molecular flexibility index (Phi) is 5.26. The second kappa shape index (κ2) is 6.74. The Morgan fingerprint density at radius 2 is 2.05 bits per heavy atom. The van der Waals surface area contributed by atoms with Gasteiger partial charge in [0.1, 0.15) is 0 Å². The van der Waals surface area contributed by atoms with Crippen molar-refractivity contribution in [3.63, 3.8) is 0 Å². The summed E-state index contributed by atoms with van der Waals surface area (Å²) in [5, 5.41) is 6.59. The van der Waals surface area contributed by atoms with Crippen molar-refractivity contribution in [3.8, 4) is 0 Å². The van der Waals surface area contributed by atoms with Gasteiger partial charge in [-0.15, -0.1) is 0 Å². The fourth-order valence-electron chi connectivity index (χ4n) is 3.94. The fraction of sp³-hybridized carbons (Fsp3) is 0.938. The molecule has 0 spiro atoms. The molecule has 1 saturated carbocycles. The van der Waals surface area contributed by atoms with E-state index < -0.39 is 0 Å². The summed E-state index contributed by atoms with van der Waals surface area (Å²) in [5.74, 6) is 1.21.